The number of nitrogens with one attached hydrogen (secondary N) is 1. The maximum absolute atomic E-state index is 12.9. The molecule has 0 radical (unpaired) electrons. The summed E-state index contributed by atoms with van der Waals surface area (Å²) in [5, 5.41) is 3.86. The van der Waals surface area contributed by atoms with Gasteiger partial charge < -0.3 is 14.4 Å². The van der Waals surface area contributed by atoms with E-state index >= 15 is 0 Å². The zero-order valence-electron chi connectivity index (χ0n) is 14.1. The van der Waals surface area contributed by atoms with Crippen LogP contribution >= 0.6 is 11.8 Å². The normalized spacial score (nSPS) is 14.2. The van der Waals surface area contributed by atoms with Crippen LogP contribution in [0.3, 0.4) is 0 Å². The lowest BCUT2D eigenvalue weighted by molar-refractivity contribution is -0.133. The maximum atomic E-state index is 12.9. The van der Waals surface area contributed by atoms with Crippen molar-refractivity contribution in [2.75, 3.05) is 18.8 Å². The lowest BCUT2D eigenvalue weighted by atomic mass is 10.0. The molecule has 0 atom stereocenters. The van der Waals surface area contributed by atoms with Gasteiger partial charge in [-0.2, -0.15) is 4.98 Å². The minimum atomic E-state index is -0.298. The summed E-state index contributed by atoms with van der Waals surface area (Å²) < 4.78 is 18.1. The average Bonchev–Trinajstić information content (AvgIpc) is 3.10. The molecular formula is C18H15FN4O3S. The molecular weight excluding hydrogens is 371 g/mol. The first-order chi connectivity index (χ1) is 13.1. The van der Waals surface area contributed by atoms with Crippen LogP contribution in [0.25, 0.3) is 11.4 Å². The fourth-order valence-electron chi connectivity index (χ4n) is 2.71. The van der Waals surface area contributed by atoms with Crippen molar-refractivity contribution in [1.29, 1.82) is 0 Å². The molecule has 1 aromatic carbocycles. The van der Waals surface area contributed by atoms with Crippen molar-refractivity contribution in [3.05, 3.63) is 64.7 Å². The van der Waals surface area contributed by atoms with Gasteiger partial charge in [0.25, 0.3) is 5.56 Å². The average molecular weight is 386 g/mol. The molecule has 1 amide bonds. The number of hydrogen-bond donors (Lipinski definition) is 1. The Morgan fingerprint density at radius 3 is 2.81 bits per heavy atom. The highest BCUT2D eigenvalue weighted by molar-refractivity contribution is 8.00. The van der Waals surface area contributed by atoms with Gasteiger partial charge in [-0.1, -0.05) is 5.16 Å². The van der Waals surface area contributed by atoms with Gasteiger partial charge in [0, 0.05) is 24.2 Å². The largest absolute Gasteiger partial charge is 0.340 e. The predicted octanol–water partition coefficient (Wildman–Crippen LogP) is 2.28. The number of hydrogen-bond acceptors (Lipinski definition) is 6. The molecule has 0 spiro atoms. The van der Waals surface area contributed by atoms with E-state index < -0.39 is 0 Å². The molecule has 1 saturated heterocycles. The van der Waals surface area contributed by atoms with Crippen molar-refractivity contribution >= 4 is 17.7 Å². The fourth-order valence-corrected chi connectivity index (χ4v) is 3.51. The molecule has 138 valence electrons. The molecule has 3 aromatic rings. The topological polar surface area (TPSA) is 92.1 Å². The van der Waals surface area contributed by atoms with Crippen molar-refractivity contribution in [3.63, 3.8) is 0 Å². The Morgan fingerprint density at radius 1 is 1.30 bits per heavy atom. The lowest BCUT2D eigenvalue weighted by Crippen LogP contribution is -2.49. The van der Waals surface area contributed by atoms with Gasteiger partial charge in [0.15, 0.2) is 0 Å². The first kappa shape index (κ1) is 17.5. The third-order valence-electron chi connectivity index (χ3n) is 4.26. The number of rotatable bonds is 5. The molecule has 0 unspecified atom stereocenters. The number of nitrogens with zero attached hydrogens (tertiary/aromatic N) is 3. The standard InChI is InChI=1S/C18H15FN4O3S/c19-12-3-5-13(6-4-12)27-10-15(24)23-8-11(9-23)18-21-16(22-26-18)14-2-1-7-20-17(14)25/h1-7,11H,8-10H2,(H,20,25). The molecule has 0 aliphatic carbocycles. The van der Waals surface area contributed by atoms with Crippen molar-refractivity contribution in [3.8, 4) is 11.4 Å². The molecule has 1 fully saturated rings. The fraction of sp³-hybridized carbons (Fsp3) is 0.222. The second-order valence-corrected chi connectivity index (χ2v) is 7.16. The van der Waals surface area contributed by atoms with E-state index in [1.807, 2.05) is 0 Å². The summed E-state index contributed by atoms with van der Waals surface area (Å²) in [7, 11) is 0. The third kappa shape index (κ3) is 3.77. The number of amides is 1. The smallest absolute Gasteiger partial charge is 0.259 e. The Morgan fingerprint density at radius 2 is 2.07 bits per heavy atom. The van der Waals surface area contributed by atoms with Gasteiger partial charge in [0.1, 0.15) is 5.82 Å². The van der Waals surface area contributed by atoms with Gasteiger partial charge in [0.05, 0.1) is 17.2 Å². The van der Waals surface area contributed by atoms with E-state index in [4.69, 9.17) is 4.52 Å². The quantitative estimate of drug-likeness (QED) is 0.677. The minimum absolute atomic E-state index is 0.000169. The Hall–Kier alpha value is -2.94. The molecule has 0 bridgehead atoms. The zero-order chi connectivity index (χ0) is 18.8. The monoisotopic (exact) mass is 386 g/mol. The number of aromatic nitrogens is 3. The van der Waals surface area contributed by atoms with Crippen LogP contribution in [0.5, 0.6) is 0 Å². The predicted molar refractivity (Wildman–Crippen MR) is 96.8 cm³/mol. The zero-order valence-corrected chi connectivity index (χ0v) is 14.9. The SMILES string of the molecule is O=C(CSc1ccc(F)cc1)N1CC(c2nc(-c3ccc[nH]c3=O)no2)C1. The van der Waals surface area contributed by atoms with Crippen LogP contribution in [0.2, 0.25) is 0 Å². The van der Waals surface area contributed by atoms with Crippen LogP contribution in [-0.2, 0) is 4.79 Å². The van der Waals surface area contributed by atoms with E-state index in [2.05, 4.69) is 15.1 Å². The van der Waals surface area contributed by atoms with E-state index in [1.54, 1.807) is 29.2 Å². The summed E-state index contributed by atoms with van der Waals surface area (Å²) in [6.07, 6.45) is 1.53. The Labute approximate surface area is 157 Å². The van der Waals surface area contributed by atoms with E-state index in [9.17, 15) is 14.0 Å². The molecule has 9 heteroatoms. The number of likely N-dealkylation sites (tertiary alicyclic amines) is 1. The number of pyridine rings is 1. The van der Waals surface area contributed by atoms with Crippen molar-refractivity contribution < 1.29 is 13.7 Å². The van der Waals surface area contributed by atoms with Gasteiger partial charge in [-0.05, 0) is 36.4 Å². The number of halogens is 1. The second kappa shape index (κ2) is 7.36. The van der Waals surface area contributed by atoms with Crippen molar-refractivity contribution in [2.24, 2.45) is 0 Å². The van der Waals surface area contributed by atoms with Gasteiger partial charge in [-0.15, -0.1) is 11.8 Å². The van der Waals surface area contributed by atoms with E-state index in [1.165, 1.54) is 30.1 Å². The van der Waals surface area contributed by atoms with Crippen LogP contribution < -0.4 is 5.56 Å². The number of aromatic amines is 1. The second-order valence-electron chi connectivity index (χ2n) is 6.11. The summed E-state index contributed by atoms with van der Waals surface area (Å²) >= 11 is 1.37. The van der Waals surface area contributed by atoms with Crippen LogP contribution in [-0.4, -0.2) is 44.8 Å². The highest BCUT2D eigenvalue weighted by Gasteiger charge is 2.35. The van der Waals surface area contributed by atoms with Crippen molar-refractivity contribution in [2.45, 2.75) is 10.8 Å². The summed E-state index contributed by atoms with van der Waals surface area (Å²) in [6, 6.07) is 9.36. The lowest BCUT2D eigenvalue weighted by Gasteiger charge is -2.37. The molecule has 1 N–H and O–H groups in total. The van der Waals surface area contributed by atoms with Gasteiger partial charge >= 0.3 is 0 Å². The minimum Gasteiger partial charge on any atom is -0.340 e. The molecule has 4 rings (SSSR count). The number of benzene rings is 1. The summed E-state index contributed by atoms with van der Waals surface area (Å²) in [4.78, 5) is 33.4. The van der Waals surface area contributed by atoms with Gasteiger partial charge in [-0.3, -0.25) is 9.59 Å². The third-order valence-corrected chi connectivity index (χ3v) is 5.26. The van der Waals surface area contributed by atoms with Crippen LogP contribution in [0.15, 0.2) is 56.8 Å². The number of H-pyrrole nitrogens is 1. The highest BCUT2D eigenvalue weighted by atomic mass is 32.2. The van der Waals surface area contributed by atoms with Crippen LogP contribution in [0, 0.1) is 5.82 Å². The van der Waals surface area contributed by atoms with E-state index in [0.717, 1.165) is 4.90 Å². The summed E-state index contributed by atoms with van der Waals surface area (Å²) in [6.45, 7) is 0.991. The molecule has 27 heavy (non-hydrogen) atoms. The summed E-state index contributed by atoms with van der Waals surface area (Å²) in [5.74, 6) is 0.612. The maximum Gasteiger partial charge on any atom is 0.259 e. The Kier molecular flexibility index (Phi) is 4.76. The van der Waals surface area contributed by atoms with Gasteiger partial charge in [-0.25, -0.2) is 4.39 Å². The Bertz CT molecular complexity index is 1010. The first-order valence-electron chi connectivity index (χ1n) is 8.28. The molecule has 1 aliphatic rings. The molecule has 7 nitrogen and oxygen atoms in total. The molecule has 0 saturated carbocycles. The molecule has 2 aromatic heterocycles. The van der Waals surface area contributed by atoms with Gasteiger partial charge in [0.2, 0.25) is 17.6 Å². The Balaban J connectivity index is 1.32. The van der Waals surface area contributed by atoms with Crippen molar-refractivity contribution in [1.82, 2.24) is 20.0 Å². The number of thioether (sulfide) groups is 1. The van der Waals surface area contributed by atoms with E-state index in [0.29, 0.717) is 24.5 Å². The van der Waals surface area contributed by atoms with Crippen LogP contribution in [0.4, 0.5) is 4.39 Å². The van der Waals surface area contributed by atoms with E-state index in [-0.39, 0.29) is 34.8 Å². The summed E-state index contributed by atoms with van der Waals surface area (Å²) in [5.41, 5.74) is 0.0588. The molecule has 3 heterocycles. The number of carbonyl (C=O) groups is 1. The van der Waals surface area contributed by atoms with Crippen LogP contribution in [0.1, 0.15) is 11.8 Å². The number of carbonyl (C=O) groups excluding carboxylic acids is 1. The first-order valence-corrected chi connectivity index (χ1v) is 9.26. The highest BCUT2D eigenvalue weighted by Crippen LogP contribution is 2.28. The molecule has 1 aliphatic heterocycles.